The Labute approximate surface area is 54.5 Å². The summed E-state index contributed by atoms with van der Waals surface area (Å²) in [6, 6.07) is 0. The summed E-state index contributed by atoms with van der Waals surface area (Å²) in [4.78, 5) is 10.7. The number of hydrogen-bond donors (Lipinski definition) is 0. The zero-order valence-electron chi connectivity index (χ0n) is 5.46. The molecule has 0 heterocycles. The maximum atomic E-state index is 10.7. The van der Waals surface area contributed by atoms with Crippen molar-refractivity contribution in [1.82, 2.24) is 0 Å². The first-order valence-electron chi connectivity index (χ1n) is 3.00. The van der Waals surface area contributed by atoms with Crippen molar-refractivity contribution in [3.8, 4) is 0 Å². The van der Waals surface area contributed by atoms with E-state index in [1.807, 2.05) is 6.08 Å². The quantitative estimate of drug-likeness (QED) is 0.407. The first-order valence-corrected chi connectivity index (χ1v) is 3.00. The summed E-state index contributed by atoms with van der Waals surface area (Å²) < 4.78 is 4.52. The van der Waals surface area contributed by atoms with Gasteiger partial charge in [-0.15, -0.1) is 6.58 Å². The second-order valence-electron chi connectivity index (χ2n) is 2.26. The highest BCUT2D eigenvalue weighted by atomic mass is 16.5. The van der Waals surface area contributed by atoms with Gasteiger partial charge in [-0.3, -0.25) is 4.79 Å². The van der Waals surface area contributed by atoms with Crippen LogP contribution in [0.5, 0.6) is 0 Å². The molecule has 2 nitrogen and oxygen atoms in total. The van der Waals surface area contributed by atoms with Gasteiger partial charge in [-0.1, -0.05) is 6.08 Å². The summed E-state index contributed by atoms with van der Waals surface area (Å²) in [6.45, 7) is 3.58. The van der Waals surface area contributed by atoms with E-state index >= 15 is 0 Å². The summed E-state index contributed by atoms with van der Waals surface area (Å²) in [5, 5.41) is 0. The minimum atomic E-state index is -0.0973. The summed E-state index contributed by atoms with van der Waals surface area (Å²) in [6.07, 6.45) is 2.73. The van der Waals surface area contributed by atoms with E-state index in [0.29, 0.717) is 5.92 Å². The molecule has 0 aromatic heterocycles. The molecule has 0 aromatic carbocycles. The molecule has 0 N–H and O–H groups in total. The molecule has 1 aliphatic carbocycles. The van der Waals surface area contributed by atoms with E-state index in [9.17, 15) is 4.79 Å². The standard InChI is InChI=1S/C7H10O2/c1-3-5-4-6(5)7(8)9-2/h3,5-6H,1,4H2,2H3/t5-,6+/m1/s1. The van der Waals surface area contributed by atoms with Gasteiger partial charge >= 0.3 is 5.97 Å². The third-order valence-corrected chi connectivity index (χ3v) is 1.65. The Balaban J connectivity index is 2.33. The van der Waals surface area contributed by atoms with Crippen molar-refractivity contribution in [3.05, 3.63) is 12.7 Å². The van der Waals surface area contributed by atoms with E-state index in [0.717, 1.165) is 6.42 Å². The maximum Gasteiger partial charge on any atom is 0.309 e. The molecule has 50 valence electrons. The van der Waals surface area contributed by atoms with Crippen molar-refractivity contribution in [3.63, 3.8) is 0 Å². The van der Waals surface area contributed by atoms with Crippen LogP contribution in [0.3, 0.4) is 0 Å². The van der Waals surface area contributed by atoms with Crippen molar-refractivity contribution in [2.24, 2.45) is 11.8 Å². The molecule has 1 fully saturated rings. The average molecular weight is 126 g/mol. The summed E-state index contributed by atoms with van der Waals surface area (Å²) in [5.41, 5.74) is 0. The Morgan fingerprint density at radius 1 is 1.89 bits per heavy atom. The molecule has 0 spiro atoms. The second kappa shape index (κ2) is 2.21. The molecule has 0 aromatic rings. The molecule has 2 heteroatoms. The number of carbonyl (C=O) groups excluding carboxylic acids is 1. The van der Waals surface area contributed by atoms with E-state index in [4.69, 9.17) is 0 Å². The predicted molar refractivity (Wildman–Crippen MR) is 33.8 cm³/mol. The molecule has 0 saturated heterocycles. The fourth-order valence-electron chi connectivity index (χ4n) is 0.898. The van der Waals surface area contributed by atoms with Crippen molar-refractivity contribution in [2.45, 2.75) is 6.42 Å². The molecule has 0 unspecified atom stereocenters. The molecule has 0 aliphatic heterocycles. The largest absolute Gasteiger partial charge is 0.469 e. The fourth-order valence-corrected chi connectivity index (χ4v) is 0.898. The van der Waals surface area contributed by atoms with Crippen molar-refractivity contribution in [2.75, 3.05) is 7.11 Å². The second-order valence-corrected chi connectivity index (χ2v) is 2.26. The number of ether oxygens (including phenoxy) is 1. The zero-order chi connectivity index (χ0) is 6.85. The lowest BCUT2D eigenvalue weighted by Crippen LogP contribution is -2.03. The van der Waals surface area contributed by atoms with E-state index in [1.54, 1.807) is 0 Å². The van der Waals surface area contributed by atoms with Crippen LogP contribution in [0.4, 0.5) is 0 Å². The minimum Gasteiger partial charge on any atom is -0.469 e. The Hall–Kier alpha value is -0.790. The normalized spacial score (nSPS) is 31.2. The number of hydrogen-bond acceptors (Lipinski definition) is 2. The summed E-state index contributed by atoms with van der Waals surface area (Å²) in [5.74, 6) is 0.407. The third-order valence-electron chi connectivity index (χ3n) is 1.65. The number of methoxy groups -OCH3 is 1. The molecule has 1 aliphatic rings. The van der Waals surface area contributed by atoms with Gasteiger partial charge in [0.2, 0.25) is 0 Å². The molecule has 0 amide bonds. The van der Waals surface area contributed by atoms with Gasteiger partial charge in [0.05, 0.1) is 13.0 Å². The smallest absolute Gasteiger partial charge is 0.309 e. The zero-order valence-corrected chi connectivity index (χ0v) is 5.46. The van der Waals surface area contributed by atoms with Crippen LogP contribution in [0.25, 0.3) is 0 Å². The molecule has 1 saturated carbocycles. The number of esters is 1. The first-order chi connectivity index (χ1) is 4.29. The fraction of sp³-hybridized carbons (Fsp3) is 0.571. The van der Waals surface area contributed by atoms with Crippen LogP contribution in [0.15, 0.2) is 12.7 Å². The van der Waals surface area contributed by atoms with Gasteiger partial charge in [0.15, 0.2) is 0 Å². The van der Waals surface area contributed by atoms with E-state index in [1.165, 1.54) is 7.11 Å². The lowest BCUT2D eigenvalue weighted by Gasteiger charge is -1.92. The van der Waals surface area contributed by atoms with Crippen LogP contribution < -0.4 is 0 Å². The Kier molecular flexibility index (Phi) is 1.56. The van der Waals surface area contributed by atoms with E-state index in [2.05, 4.69) is 11.3 Å². The van der Waals surface area contributed by atoms with Crippen molar-refractivity contribution >= 4 is 5.97 Å². The van der Waals surface area contributed by atoms with Crippen LogP contribution in [0, 0.1) is 11.8 Å². The number of carbonyl (C=O) groups is 1. The first kappa shape index (κ1) is 6.33. The molecule has 0 bridgehead atoms. The summed E-state index contributed by atoms with van der Waals surface area (Å²) >= 11 is 0. The van der Waals surface area contributed by atoms with Gasteiger partial charge < -0.3 is 4.74 Å². The number of rotatable bonds is 2. The molecule has 0 radical (unpaired) electrons. The molecule has 1 rings (SSSR count). The van der Waals surface area contributed by atoms with Gasteiger partial charge in [-0.2, -0.15) is 0 Å². The van der Waals surface area contributed by atoms with Crippen LogP contribution >= 0.6 is 0 Å². The minimum absolute atomic E-state index is 0.0973. The highest BCUT2D eigenvalue weighted by Gasteiger charge is 2.41. The number of allylic oxidation sites excluding steroid dienone is 1. The highest BCUT2D eigenvalue weighted by molar-refractivity contribution is 5.75. The average Bonchev–Trinajstić information content (AvgIpc) is 2.64. The molecule has 2 atom stereocenters. The Morgan fingerprint density at radius 3 is 2.89 bits per heavy atom. The lowest BCUT2D eigenvalue weighted by atomic mass is 10.3. The predicted octanol–water partition coefficient (Wildman–Crippen LogP) is 0.982. The van der Waals surface area contributed by atoms with Gasteiger partial charge in [-0.05, 0) is 12.3 Å². The van der Waals surface area contributed by atoms with Crippen LogP contribution in [-0.4, -0.2) is 13.1 Å². The van der Waals surface area contributed by atoms with Crippen LogP contribution in [-0.2, 0) is 9.53 Å². The Bertz CT molecular complexity index is 140. The SMILES string of the molecule is C=C[C@@H]1C[C@@H]1C(=O)OC. The monoisotopic (exact) mass is 126 g/mol. The molecular weight excluding hydrogens is 116 g/mol. The Morgan fingerprint density at radius 2 is 2.56 bits per heavy atom. The van der Waals surface area contributed by atoms with Gasteiger partial charge in [0.1, 0.15) is 0 Å². The van der Waals surface area contributed by atoms with Crippen molar-refractivity contribution in [1.29, 1.82) is 0 Å². The van der Waals surface area contributed by atoms with Gasteiger partial charge in [0.25, 0.3) is 0 Å². The lowest BCUT2D eigenvalue weighted by molar-refractivity contribution is -0.142. The van der Waals surface area contributed by atoms with Crippen LogP contribution in [0.2, 0.25) is 0 Å². The van der Waals surface area contributed by atoms with E-state index < -0.39 is 0 Å². The van der Waals surface area contributed by atoms with Gasteiger partial charge in [0, 0.05) is 0 Å². The van der Waals surface area contributed by atoms with E-state index in [-0.39, 0.29) is 11.9 Å². The third kappa shape index (κ3) is 1.12. The highest BCUT2D eigenvalue weighted by Crippen LogP contribution is 2.39. The topological polar surface area (TPSA) is 26.3 Å². The summed E-state index contributed by atoms with van der Waals surface area (Å²) in [7, 11) is 1.42. The molecule has 9 heavy (non-hydrogen) atoms. The maximum absolute atomic E-state index is 10.7. The van der Waals surface area contributed by atoms with Crippen LogP contribution in [0.1, 0.15) is 6.42 Å². The molecular formula is C7H10O2. The van der Waals surface area contributed by atoms with Crippen molar-refractivity contribution < 1.29 is 9.53 Å². The van der Waals surface area contributed by atoms with Gasteiger partial charge in [-0.25, -0.2) is 0 Å².